The Morgan fingerprint density at radius 2 is 1.78 bits per heavy atom. The summed E-state index contributed by atoms with van der Waals surface area (Å²) in [5.41, 5.74) is 1.85. The lowest BCUT2D eigenvalue weighted by atomic mass is 9.99. The van der Waals surface area contributed by atoms with Gasteiger partial charge in [-0.1, -0.05) is 24.3 Å². The Labute approximate surface area is 133 Å². The lowest BCUT2D eigenvalue weighted by Crippen LogP contribution is -1.96. The van der Waals surface area contributed by atoms with Gasteiger partial charge in [0, 0.05) is 0 Å². The van der Waals surface area contributed by atoms with Gasteiger partial charge in [-0.25, -0.2) is 4.79 Å². The van der Waals surface area contributed by atoms with Crippen molar-refractivity contribution in [2.75, 3.05) is 6.61 Å². The first kappa shape index (κ1) is 14.9. The quantitative estimate of drug-likeness (QED) is 0.753. The number of carbonyl (C=O) groups is 1. The molecule has 2 N–H and O–H groups in total. The minimum atomic E-state index is -1.15. The Morgan fingerprint density at radius 3 is 2.52 bits per heavy atom. The van der Waals surface area contributed by atoms with E-state index < -0.39 is 5.97 Å². The molecule has 0 radical (unpaired) electrons. The molecule has 0 saturated carbocycles. The van der Waals surface area contributed by atoms with Crippen LogP contribution in [0.5, 0.6) is 11.5 Å². The highest BCUT2D eigenvalue weighted by molar-refractivity contribution is 5.98. The van der Waals surface area contributed by atoms with Crippen LogP contribution in [-0.2, 0) is 0 Å². The minimum Gasteiger partial charge on any atom is -0.507 e. The molecule has 0 spiro atoms. The van der Waals surface area contributed by atoms with Gasteiger partial charge in [0.05, 0.1) is 6.61 Å². The third-order valence-corrected chi connectivity index (χ3v) is 3.66. The molecule has 0 saturated heterocycles. The molecule has 0 aromatic heterocycles. The minimum absolute atomic E-state index is 0.0993. The van der Waals surface area contributed by atoms with Gasteiger partial charge in [0.1, 0.15) is 17.1 Å². The van der Waals surface area contributed by atoms with Gasteiger partial charge in [0.2, 0.25) is 0 Å². The third kappa shape index (κ3) is 2.97. The van der Waals surface area contributed by atoms with Gasteiger partial charge >= 0.3 is 5.97 Å². The van der Waals surface area contributed by atoms with Crippen molar-refractivity contribution >= 4 is 16.7 Å². The summed E-state index contributed by atoms with van der Waals surface area (Å²) in [4.78, 5) is 11.2. The van der Waals surface area contributed by atoms with Crippen LogP contribution in [0.25, 0.3) is 21.9 Å². The number of hydrogen-bond acceptors (Lipinski definition) is 3. The fourth-order valence-corrected chi connectivity index (χ4v) is 2.57. The molecule has 4 nitrogen and oxygen atoms in total. The average Bonchev–Trinajstić information content (AvgIpc) is 2.54. The van der Waals surface area contributed by atoms with E-state index in [1.165, 1.54) is 12.1 Å². The molecule has 0 unspecified atom stereocenters. The summed E-state index contributed by atoms with van der Waals surface area (Å²) < 4.78 is 5.51. The zero-order valence-electron chi connectivity index (χ0n) is 12.6. The predicted octanol–water partition coefficient (Wildman–Crippen LogP) is 4.31. The molecule has 0 heterocycles. The molecule has 3 rings (SSSR count). The van der Waals surface area contributed by atoms with E-state index in [1.807, 2.05) is 49.4 Å². The van der Waals surface area contributed by atoms with Crippen molar-refractivity contribution in [2.45, 2.75) is 6.92 Å². The van der Waals surface area contributed by atoms with Crippen LogP contribution in [0, 0.1) is 0 Å². The van der Waals surface area contributed by atoms with Crippen molar-refractivity contribution in [1.82, 2.24) is 0 Å². The Hall–Kier alpha value is -3.01. The van der Waals surface area contributed by atoms with Crippen LogP contribution < -0.4 is 4.74 Å². The highest BCUT2D eigenvalue weighted by Crippen LogP contribution is 2.30. The Bertz CT molecular complexity index is 884. The molecule has 3 aromatic carbocycles. The highest BCUT2D eigenvalue weighted by Gasteiger charge is 2.11. The second-order valence-corrected chi connectivity index (χ2v) is 5.20. The second kappa shape index (κ2) is 6.01. The van der Waals surface area contributed by atoms with E-state index in [0.717, 1.165) is 27.6 Å². The van der Waals surface area contributed by atoms with E-state index in [2.05, 4.69) is 0 Å². The largest absolute Gasteiger partial charge is 0.507 e. The van der Waals surface area contributed by atoms with Crippen LogP contribution in [0.1, 0.15) is 17.3 Å². The summed E-state index contributed by atoms with van der Waals surface area (Å²) in [6, 6.07) is 16.4. The molecular weight excluding hydrogens is 292 g/mol. The van der Waals surface area contributed by atoms with Crippen molar-refractivity contribution in [2.24, 2.45) is 0 Å². The van der Waals surface area contributed by atoms with Crippen LogP contribution in [0.3, 0.4) is 0 Å². The van der Waals surface area contributed by atoms with Crippen LogP contribution in [0.4, 0.5) is 0 Å². The fraction of sp³-hybridized carbons (Fsp3) is 0.105. The summed E-state index contributed by atoms with van der Waals surface area (Å²) in [6.07, 6.45) is 0. The lowest BCUT2D eigenvalue weighted by molar-refractivity contribution is 0.0694. The van der Waals surface area contributed by atoms with Gasteiger partial charge in [-0.2, -0.15) is 0 Å². The summed E-state index contributed by atoms with van der Waals surface area (Å²) in [5.74, 6) is -0.578. The van der Waals surface area contributed by atoms with Gasteiger partial charge in [0.15, 0.2) is 0 Å². The molecular formula is C19H16O4. The number of aromatic hydroxyl groups is 1. The van der Waals surface area contributed by atoms with Gasteiger partial charge < -0.3 is 14.9 Å². The molecule has 0 amide bonds. The number of carboxylic acids is 1. The maximum Gasteiger partial charge on any atom is 0.339 e. The second-order valence-electron chi connectivity index (χ2n) is 5.20. The molecule has 0 bridgehead atoms. The molecule has 4 heteroatoms. The first-order valence-electron chi connectivity index (χ1n) is 7.32. The van der Waals surface area contributed by atoms with Crippen LogP contribution in [-0.4, -0.2) is 22.8 Å². The van der Waals surface area contributed by atoms with E-state index in [4.69, 9.17) is 9.84 Å². The number of phenols is 1. The Morgan fingerprint density at radius 1 is 1.00 bits per heavy atom. The smallest absolute Gasteiger partial charge is 0.339 e. The van der Waals surface area contributed by atoms with Crippen molar-refractivity contribution in [1.29, 1.82) is 0 Å². The Balaban J connectivity index is 2.10. The standard InChI is InChI=1S/C19H16O4/c1-2-23-16-5-3-4-12(9-16)13-6-7-14-11-18(20)17(19(21)22)10-15(14)8-13/h3-11,20H,2H2,1H3,(H,21,22). The van der Waals surface area contributed by atoms with Crippen molar-refractivity contribution < 1.29 is 19.7 Å². The average molecular weight is 308 g/mol. The molecule has 0 aliphatic heterocycles. The van der Waals surface area contributed by atoms with Crippen molar-refractivity contribution in [3.63, 3.8) is 0 Å². The molecule has 0 aliphatic carbocycles. The summed E-state index contributed by atoms with van der Waals surface area (Å²) in [5, 5.41) is 20.4. The Kier molecular flexibility index (Phi) is 3.89. The number of carboxylic acid groups (broad SMARTS) is 1. The molecule has 0 aliphatic rings. The molecule has 0 atom stereocenters. The van der Waals surface area contributed by atoms with Gasteiger partial charge in [-0.05, 0) is 59.2 Å². The fourth-order valence-electron chi connectivity index (χ4n) is 2.57. The van der Waals surface area contributed by atoms with Gasteiger partial charge in [-0.15, -0.1) is 0 Å². The third-order valence-electron chi connectivity index (χ3n) is 3.66. The topological polar surface area (TPSA) is 66.8 Å². The van der Waals surface area contributed by atoms with Gasteiger partial charge in [-0.3, -0.25) is 0 Å². The maximum absolute atomic E-state index is 11.2. The molecule has 116 valence electrons. The van der Waals surface area contributed by atoms with E-state index in [1.54, 1.807) is 0 Å². The number of fused-ring (bicyclic) bond motifs is 1. The maximum atomic E-state index is 11.2. The SMILES string of the molecule is CCOc1cccc(-c2ccc3cc(O)c(C(=O)O)cc3c2)c1. The summed E-state index contributed by atoms with van der Waals surface area (Å²) >= 11 is 0. The zero-order chi connectivity index (χ0) is 16.4. The number of aromatic carboxylic acids is 1. The monoisotopic (exact) mass is 308 g/mol. The number of rotatable bonds is 4. The van der Waals surface area contributed by atoms with Crippen molar-refractivity contribution in [3.8, 4) is 22.6 Å². The summed E-state index contributed by atoms with van der Waals surface area (Å²) in [7, 11) is 0. The number of benzene rings is 3. The van der Waals surface area contributed by atoms with Gasteiger partial charge in [0.25, 0.3) is 0 Å². The van der Waals surface area contributed by atoms with E-state index in [9.17, 15) is 9.90 Å². The molecule has 0 fully saturated rings. The predicted molar refractivity (Wildman–Crippen MR) is 89.2 cm³/mol. The molecule has 3 aromatic rings. The highest BCUT2D eigenvalue weighted by atomic mass is 16.5. The zero-order valence-corrected chi connectivity index (χ0v) is 12.6. The molecule has 23 heavy (non-hydrogen) atoms. The van der Waals surface area contributed by atoms with Crippen molar-refractivity contribution in [3.05, 3.63) is 60.2 Å². The van der Waals surface area contributed by atoms with E-state index in [0.29, 0.717) is 6.61 Å². The van der Waals surface area contributed by atoms with E-state index >= 15 is 0 Å². The van der Waals surface area contributed by atoms with Crippen LogP contribution in [0.2, 0.25) is 0 Å². The van der Waals surface area contributed by atoms with E-state index in [-0.39, 0.29) is 11.3 Å². The first-order chi connectivity index (χ1) is 11.1. The van der Waals surface area contributed by atoms with Crippen LogP contribution >= 0.6 is 0 Å². The first-order valence-corrected chi connectivity index (χ1v) is 7.32. The summed E-state index contributed by atoms with van der Waals surface area (Å²) in [6.45, 7) is 2.53. The van der Waals surface area contributed by atoms with Crippen LogP contribution in [0.15, 0.2) is 54.6 Å². The number of ether oxygens (including phenoxy) is 1. The lowest BCUT2D eigenvalue weighted by Gasteiger charge is -2.08. The number of hydrogen-bond donors (Lipinski definition) is 2. The normalized spacial score (nSPS) is 10.7.